The Bertz CT molecular complexity index is 638. The van der Waals surface area contributed by atoms with Gasteiger partial charge in [0, 0.05) is 12.1 Å². The van der Waals surface area contributed by atoms with Gasteiger partial charge in [-0.25, -0.2) is 9.18 Å². The molecule has 0 amide bonds. The van der Waals surface area contributed by atoms with E-state index in [2.05, 4.69) is 20.3 Å². The van der Waals surface area contributed by atoms with Crippen molar-refractivity contribution in [2.75, 3.05) is 0 Å². The Morgan fingerprint density at radius 3 is 2.53 bits per heavy atom. The molecule has 0 spiro atoms. The lowest BCUT2D eigenvalue weighted by Gasteiger charge is -2.01. The summed E-state index contributed by atoms with van der Waals surface area (Å²) >= 11 is 2.62. The Morgan fingerprint density at radius 1 is 1.47 bits per heavy atom. The van der Waals surface area contributed by atoms with Gasteiger partial charge in [-0.2, -0.15) is 8.42 Å². The first-order valence-electron chi connectivity index (χ1n) is 3.77. The highest BCUT2D eigenvalue weighted by molar-refractivity contribution is 9.10. The van der Waals surface area contributed by atoms with Crippen LogP contribution in [0, 0.1) is 15.9 Å². The smallest absolute Gasteiger partial charge is 0.258 e. The maximum atomic E-state index is 13.4. The number of hydrogen-bond donors (Lipinski definition) is 0. The molecule has 0 saturated carbocycles. The van der Waals surface area contributed by atoms with Gasteiger partial charge in [-0.1, -0.05) is 4.40 Å². The van der Waals surface area contributed by atoms with Crippen LogP contribution in [0.1, 0.15) is 0 Å². The van der Waals surface area contributed by atoms with Gasteiger partial charge in [-0.3, -0.25) is 10.1 Å². The third kappa shape index (κ3) is 2.73. The molecule has 1 rings (SSSR count). The van der Waals surface area contributed by atoms with E-state index in [4.69, 9.17) is 0 Å². The summed E-state index contributed by atoms with van der Waals surface area (Å²) in [6.07, 6.45) is 0.737. The lowest BCUT2D eigenvalue weighted by Crippen LogP contribution is -2.02. The van der Waals surface area contributed by atoms with E-state index in [1.807, 2.05) is 0 Å². The number of hydrogen-bond acceptors (Lipinski definition) is 5. The fourth-order valence-corrected chi connectivity index (χ4v) is 2.32. The number of sulfonamides is 1. The third-order valence-electron chi connectivity index (χ3n) is 1.63. The first-order chi connectivity index (χ1) is 7.79. The highest BCUT2D eigenvalue weighted by Gasteiger charge is 2.24. The molecular weight excluding hydrogens is 323 g/mol. The summed E-state index contributed by atoms with van der Waals surface area (Å²) in [6, 6.07) is 1.26. The number of nitro benzene ring substituents is 1. The van der Waals surface area contributed by atoms with Crippen LogP contribution in [0.3, 0.4) is 0 Å². The van der Waals surface area contributed by atoms with Crippen molar-refractivity contribution >= 4 is 37.7 Å². The summed E-state index contributed by atoms with van der Waals surface area (Å²) in [5.74, 6) is -1.27. The molecular formula is C7H2BrFN2O5S. The van der Waals surface area contributed by atoms with Crippen LogP contribution >= 0.6 is 15.9 Å². The van der Waals surface area contributed by atoms with Crippen LogP contribution < -0.4 is 0 Å². The van der Waals surface area contributed by atoms with E-state index in [-0.39, 0.29) is 0 Å². The number of nitro groups is 1. The van der Waals surface area contributed by atoms with Crippen LogP contribution in [0.4, 0.5) is 10.1 Å². The normalized spacial score (nSPS) is 10.7. The molecule has 1 aromatic carbocycles. The number of halogens is 2. The van der Waals surface area contributed by atoms with Gasteiger partial charge in [0.15, 0.2) is 5.82 Å². The zero-order valence-electron chi connectivity index (χ0n) is 7.75. The van der Waals surface area contributed by atoms with Crippen LogP contribution in [-0.2, 0) is 14.8 Å². The minimum Gasteiger partial charge on any atom is -0.258 e. The summed E-state index contributed by atoms with van der Waals surface area (Å²) in [6.45, 7) is 0. The van der Waals surface area contributed by atoms with Gasteiger partial charge in [-0.05, 0) is 15.9 Å². The summed E-state index contributed by atoms with van der Waals surface area (Å²) in [5, 5.41) is 10.5. The first-order valence-corrected chi connectivity index (χ1v) is 6.00. The van der Waals surface area contributed by atoms with Crippen LogP contribution in [0.5, 0.6) is 0 Å². The van der Waals surface area contributed by atoms with Crippen molar-refractivity contribution in [3.63, 3.8) is 0 Å². The Labute approximate surface area is 102 Å². The number of benzene rings is 1. The molecule has 90 valence electrons. The zero-order valence-corrected chi connectivity index (χ0v) is 10.2. The second kappa shape index (κ2) is 4.70. The number of nitrogens with zero attached hydrogens (tertiary/aromatic N) is 2. The van der Waals surface area contributed by atoms with E-state index >= 15 is 0 Å². The molecule has 0 atom stereocenters. The van der Waals surface area contributed by atoms with Crippen LogP contribution in [0.2, 0.25) is 0 Å². The molecule has 10 heteroatoms. The molecule has 0 saturated heterocycles. The highest BCUT2D eigenvalue weighted by Crippen LogP contribution is 2.29. The van der Waals surface area contributed by atoms with Gasteiger partial charge in [0.25, 0.3) is 21.8 Å². The van der Waals surface area contributed by atoms with Crippen molar-refractivity contribution in [1.82, 2.24) is 0 Å². The second-order valence-corrected chi connectivity index (χ2v) is 5.08. The van der Waals surface area contributed by atoms with Crippen LogP contribution in [0.15, 0.2) is 25.9 Å². The Hall–Kier alpha value is -1.64. The molecule has 17 heavy (non-hydrogen) atoms. The monoisotopic (exact) mass is 324 g/mol. The maximum Gasteiger partial charge on any atom is 0.295 e. The largest absolute Gasteiger partial charge is 0.295 e. The van der Waals surface area contributed by atoms with Gasteiger partial charge in [0.2, 0.25) is 0 Å². The minimum absolute atomic E-state index is 0.425. The highest BCUT2D eigenvalue weighted by atomic mass is 79.9. The standard InChI is InChI=1S/C7H2BrFN2O5S/c8-5-1-4(11(13)14)2-6(7(5)9)17(15,16)10-3-12/h1-2H. The molecule has 7 nitrogen and oxygen atoms in total. The minimum atomic E-state index is -4.63. The molecule has 0 heterocycles. The second-order valence-electron chi connectivity index (χ2n) is 2.65. The SMILES string of the molecule is O=C=NS(=O)(=O)c1cc([N+](=O)[O-])cc(Br)c1F. The Morgan fingerprint density at radius 2 is 2.06 bits per heavy atom. The predicted molar refractivity (Wildman–Crippen MR) is 56.1 cm³/mol. The molecule has 0 aliphatic rings. The molecule has 0 fully saturated rings. The molecule has 0 aromatic heterocycles. The lowest BCUT2D eigenvalue weighted by atomic mass is 10.3. The fourth-order valence-electron chi connectivity index (χ4n) is 0.942. The Balaban J connectivity index is 3.65. The number of carbonyl (C=O) groups excluding carboxylic acids is 1. The first kappa shape index (κ1) is 13.4. The van der Waals surface area contributed by atoms with E-state index in [0.717, 1.165) is 12.1 Å². The molecule has 0 bridgehead atoms. The topological polar surface area (TPSA) is 107 Å². The van der Waals surface area contributed by atoms with Crippen LogP contribution in [0.25, 0.3) is 0 Å². The predicted octanol–water partition coefficient (Wildman–Crippen LogP) is 1.52. The van der Waals surface area contributed by atoms with Crippen molar-refractivity contribution in [3.05, 3.63) is 32.5 Å². The fraction of sp³-hybridized carbons (Fsp3) is 0. The van der Waals surface area contributed by atoms with Gasteiger partial charge in [-0.15, -0.1) is 0 Å². The molecule has 0 N–H and O–H groups in total. The maximum absolute atomic E-state index is 13.4. The summed E-state index contributed by atoms with van der Waals surface area (Å²) in [7, 11) is -4.63. The van der Waals surface area contributed by atoms with Crippen molar-refractivity contribution in [3.8, 4) is 0 Å². The van der Waals surface area contributed by atoms with E-state index in [1.54, 1.807) is 0 Å². The summed E-state index contributed by atoms with van der Waals surface area (Å²) < 4.78 is 37.9. The average molecular weight is 325 g/mol. The van der Waals surface area contributed by atoms with E-state index in [9.17, 15) is 27.7 Å². The van der Waals surface area contributed by atoms with E-state index < -0.39 is 35.8 Å². The molecule has 0 unspecified atom stereocenters. The van der Waals surface area contributed by atoms with Crippen molar-refractivity contribution in [2.45, 2.75) is 4.90 Å². The third-order valence-corrected chi connectivity index (χ3v) is 3.37. The van der Waals surface area contributed by atoms with Crippen LogP contribution in [-0.4, -0.2) is 19.4 Å². The van der Waals surface area contributed by atoms with Crippen molar-refractivity contribution in [1.29, 1.82) is 0 Å². The summed E-state index contributed by atoms with van der Waals surface area (Å²) in [4.78, 5) is 18.4. The molecule has 0 radical (unpaired) electrons. The lowest BCUT2D eigenvalue weighted by molar-refractivity contribution is -0.385. The molecule has 0 aliphatic heterocycles. The quantitative estimate of drug-likeness (QED) is 0.362. The van der Waals surface area contributed by atoms with Gasteiger partial charge >= 0.3 is 0 Å². The van der Waals surface area contributed by atoms with E-state index in [0.29, 0.717) is 6.07 Å². The van der Waals surface area contributed by atoms with E-state index in [1.165, 1.54) is 0 Å². The Kier molecular flexibility index (Phi) is 3.71. The van der Waals surface area contributed by atoms with Gasteiger partial charge in [0.1, 0.15) is 4.90 Å². The molecule has 1 aromatic rings. The van der Waals surface area contributed by atoms with Gasteiger partial charge in [0.05, 0.1) is 9.40 Å². The summed E-state index contributed by atoms with van der Waals surface area (Å²) in [5.41, 5.74) is -0.655. The average Bonchev–Trinajstić information content (AvgIpc) is 2.21. The van der Waals surface area contributed by atoms with Crippen molar-refractivity contribution in [2.24, 2.45) is 4.40 Å². The number of rotatable bonds is 3. The number of isocyanates is 1. The number of non-ortho nitro benzene ring substituents is 1. The van der Waals surface area contributed by atoms with Crippen molar-refractivity contribution < 1.29 is 22.5 Å². The molecule has 0 aliphatic carbocycles. The van der Waals surface area contributed by atoms with Gasteiger partial charge < -0.3 is 0 Å². The zero-order chi connectivity index (χ0) is 13.2.